The van der Waals surface area contributed by atoms with Crippen LogP contribution in [0.2, 0.25) is 0 Å². The molecule has 0 fully saturated rings. The summed E-state index contributed by atoms with van der Waals surface area (Å²) in [7, 11) is 0. The molecule has 1 aromatic heterocycles. The van der Waals surface area contributed by atoms with Gasteiger partial charge in [0, 0.05) is 25.3 Å². The van der Waals surface area contributed by atoms with Gasteiger partial charge in [-0.05, 0) is 51.0 Å². The number of aromatic nitrogens is 2. The van der Waals surface area contributed by atoms with Crippen molar-refractivity contribution in [3.05, 3.63) is 57.0 Å². The smallest absolute Gasteiger partial charge is 0.285 e. The lowest BCUT2D eigenvalue weighted by Gasteiger charge is -2.23. The van der Waals surface area contributed by atoms with E-state index in [0.717, 1.165) is 16.9 Å². The second-order valence-electron chi connectivity index (χ2n) is 6.43. The Bertz CT molecular complexity index is 927. The van der Waals surface area contributed by atoms with Crippen molar-refractivity contribution in [3.63, 3.8) is 0 Å². The van der Waals surface area contributed by atoms with Crippen LogP contribution in [-0.2, 0) is 11.3 Å². The van der Waals surface area contributed by atoms with Crippen molar-refractivity contribution in [2.45, 2.75) is 34.2 Å². The topological polar surface area (TPSA) is 91.0 Å². The Hall–Kier alpha value is -3.14. The molecule has 0 aliphatic heterocycles. The number of nitrogens with zero attached hydrogens (tertiary/aromatic N) is 4. The lowest BCUT2D eigenvalue weighted by molar-refractivity contribution is -0.121. The minimum absolute atomic E-state index is 0.0342. The molecule has 0 aliphatic carbocycles. The number of benzene rings is 1. The van der Waals surface area contributed by atoms with E-state index in [1.165, 1.54) is 5.56 Å². The molecular weight excluding hydrogens is 342 g/mol. The van der Waals surface area contributed by atoms with Gasteiger partial charge in [-0.3, -0.25) is 9.59 Å². The summed E-state index contributed by atoms with van der Waals surface area (Å²) in [6.07, 6.45) is 0. The molecule has 7 nitrogen and oxygen atoms in total. The van der Waals surface area contributed by atoms with Crippen molar-refractivity contribution >= 4 is 11.6 Å². The Labute approximate surface area is 159 Å². The number of nitrogens with one attached hydrogen (secondary N) is 1. The standard InChI is InChI=1S/C20H25N5O2/c1-5-24(17-8-6-7-14(2)11-17)10-9-22-19(26)13-25-20(27)18(12-21)15(3)16(4)23-25/h6-8,11H,5,9-10,13H2,1-4H3,(H,22,26). The summed E-state index contributed by atoms with van der Waals surface area (Å²) in [6.45, 7) is 9.22. The average molecular weight is 367 g/mol. The second-order valence-corrected chi connectivity index (χ2v) is 6.43. The molecule has 0 spiro atoms. The average Bonchev–Trinajstić information content (AvgIpc) is 2.64. The van der Waals surface area contributed by atoms with E-state index in [1.54, 1.807) is 13.8 Å². The first-order chi connectivity index (χ1) is 12.9. The summed E-state index contributed by atoms with van der Waals surface area (Å²) in [5, 5.41) is 16.1. The number of anilines is 1. The van der Waals surface area contributed by atoms with Gasteiger partial charge in [0.1, 0.15) is 18.2 Å². The normalized spacial score (nSPS) is 10.3. The first kappa shape index (κ1) is 20.2. The Morgan fingerprint density at radius 1 is 1.33 bits per heavy atom. The van der Waals surface area contributed by atoms with Crippen molar-refractivity contribution < 1.29 is 4.79 Å². The number of hydrogen-bond acceptors (Lipinski definition) is 5. The molecule has 1 N–H and O–H groups in total. The number of likely N-dealkylation sites (N-methyl/N-ethyl adjacent to an activating group) is 1. The van der Waals surface area contributed by atoms with Crippen molar-refractivity contribution in [1.29, 1.82) is 5.26 Å². The fourth-order valence-corrected chi connectivity index (χ4v) is 2.83. The number of rotatable bonds is 7. The van der Waals surface area contributed by atoms with Crippen LogP contribution >= 0.6 is 0 Å². The molecule has 0 saturated heterocycles. The zero-order chi connectivity index (χ0) is 20.0. The fraction of sp³-hybridized carbons (Fsp3) is 0.400. The molecule has 0 unspecified atom stereocenters. The quantitative estimate of drug-likeness (QED) is 0.804. The van der Waals surface area contributed by atoms with Crippen LogP contribution in [0.1, 0.15) is 29.3 Å². The van der Waals surface area contributed by atoms with Gasteiger partial charge in [0.25, 0.3) is 5.56 Å². The van der Waals surface area contributed by atoms with E-state index in [2.05, 4.69) is 28.3 Å². The molecule has 2 rings (SSSR count). The second kappa shape index (κ2) is 8.99. The number of carbonyl (C=O) groups is 1. The summed E-state index contributed by atoms with van der Waals surface area (Å²) in [4.78, 5) is 26.6. The third-order valence-corrected chi connectivity index (χ3v) is 4.49. The third kappa shape index (κ3) is 4.94. The first-order valence-corrected chi connectivity index (χ1v) is 8.94. The van der Waals surface area contributed by atoms with Crippen LogP contribution in [0.25, 0.3) is 0 Å². The predicted octanol–water partition coefficient (Wildman–Crippen LogP) is 1.68. The molecule has 7 heteroatoms. The maximum absolute atomic E-state index is 12.2. The summed E-state index contributed by atoms with van der Waals surface area (Å²) in [5.74, 6) is -0.308. The minimum Gasteiger partial charge on any atom is -0.370 e. The molecular formula is C20H25N5O2. The number of carbonyl (C=O) groups excluding carboxylic acids is 1. The maximum Gasteiger partial charge on any atom is 0.285 e. The van der Waals surface area contributed by atoms with Gasteiger partial charge < -0.3 is 10.2 Å². The number of nitriles is 1. The van der Waals surface area contributed by atoms with E-state index in [1.807, 2.05) is 31.2 Å². The highest BCUT2D eigenvalue weighted by atomic mass is 16.2. The van der Waals surface area contributed by atoms with Crippen molar-refractivity contribution in [2.24, 2.45) is 0 Å². The van der Waals surface area contributed by atoms with Crippen LogP contribution in [0.15, 0.2) is 29.1 Å². The van der Waals surface area contributed by atoms with Crippen molar-refractivity contribution in [3.8, 4) is 6.07 Å². The van der Waals surface area contributed by atoms with Gasteiger partial charge in [-0.1, -0.05) is 12.1 Å². The van der Waals surface area contributed by atoms with Crippen LogP contribution in [0, 0.1) is 32.1 Å². The molecule has 0 aliphatic rings. The Morgan fingerprint density at radius 3 is 2.70 bits per heavy atom. The van der Waals surface area contributed by atoms with Crippen molar-refractivity contribution in [2.75, 3.05) is 24.5 Å². The molecule has 0 radical (unpaired) electrons. The molecule has 0 bridgehead atoms. The molecule has 0 saturated carbocycles. The molecule has 0 atom stereocenters. The zero-order valence-electron chi connectivity index (χ0n) is 16.2. The van der Waals surface area contributed by atoms with E-state index in [4.69, 9.17) is 5.26 Å². The van der Waals surface area contributed by atoms with E-state index < -0.39 is 5.56 Å². The van der Waals surface area contributed by atoms with Crippen molar-refractivity contribution in [1.82, 2.24) is 15.1 Å². The van der Waals surface area contributed by atoms with E-state index in [0.29, 0.717) is 24.3 Å². The highest BCUT2D eigenvalue weighted by Crippen LogP contribution is 2.14. The van der Waals surface area contributed by atoms with Gasteiger partial charge in [0.15, 0.2) is 0 Å². The Kier molecular flexibility index (Phi) is 6.72. The highest BCUT2D eigenvalue weighted by molar-refractivity contribution is 5.75. The monoisotopic (exact) mass is 367 g/mol. The molecule has 1 heterocycles. The number of hydrogen-bond donors (Lipinski definition) is 1. The van der Waals surface area contributed by atoms with Crippen LogP contribution in [-0.4, -0.2) is 35.3 Å². The summed E-state index contributed by atoms with van der Waals surface area (Å²) in [6, 6.07) is 10.1. The third-order valence-electron chi connectivity index (χ3n) is 4.49. The largest absolute Gasteiger partial charge is 0.370 e. The number of aryl methyl sites for hydroxylation is 2. The van der Waals surface area contributed by atoms with Crippen LogP contribution < -0.4 is 15.8 Å². The zero-order valence-corrected chi connectivity index (χ0v) is 16.2. The SMILES string of the molecule is CCN(CCNC(=O)Cn1nc(C)c(C)c(C#N)c1=O)c1cccc(C)c1. The molecule has 142 valence electrons. The van der Waals surface area contributed by atoms with Gasteiger partial charge >= 0.3 is 0 Å². The van der Waals surface area contributed by atoms with E-state index in [9.17, 15) is 9.59 Å². The Balaban J connectivity index is 1.98. The molecule has 2 aromatic rings. The summed E-state index contributed by atoms with van der Waals surface area (Å²) < 4.78 is 1.05. The van der Waals surface area contributed by atoms with E-state index >= 15 is 0 Å². The van der Waals surface area contributed by atoms with Gasteiger partial charge in [-0.15, -0.1) is 0 Å². The van der Waals surface area contributed by atoms with Gasteiger partial charge in [-0.2, -0.15) is 10.4 Å². The van der Waals surface area contributed by atoms with Gasteiger partial charge in [0.2, 0.25) is 5.91 Å². The number of amides is 1. The summed E-state index contributed by atoms with van der Waals surface area (Å²) in [5.41, 5.74) is 2.91. The first-order valence-electron chi connectivity index (χ1n) is 8.94. The minimum atomic E-state index is -0.536. The molecule has 1 aromatic carbocycles. The summed E-state index contributed by atoms with van der Waals surface area (Å²) >= 11 is 0. The van der Waals surface area contributed by atoms with Crippen LogP contribution in [0.3, 0.4) is 0 Å². The predicted molar refractivity (Wildman–Crippen MR) is 105 cm³/mol. The van der Waals surface area contributed by atoms with E-state index in [-0.39, 0.29) is 18.0 Å². The molecule has 27 heavy (non-hydrogen) atoms. The highest BCUT2D eigenvalue weighted by Gasteiger charge is 2.14. The fourth-order valence-electron chi connectivity index (χ4n) is 2.83. The van der Waals surface area contributed by atoms with Crippen LogP contribution in [0.5, 0.6) is 0 Å². The van der Waals surface area contributed by atoms with Gasteiger partial charge in [0.05, 0.1) is 5.69 Å². The maximum atomic E-state index is 12.2. The molecule has 1 amide bonds. The lowest BCUT2D eigenvalue weighted by Crippen LogP contribution is -2.39. The van der Waals surface area contributed by atoms with Crippen LogP contribution in [0.4, 0.5) is 5.69 Å². The van der Waals surface area contributed by atoms with Gasteiger partial charge in [-0.25, -0.2) is 4.68 Å². The lowest BCUT2D eigenvalue weighted by atomic mass is 10.1. The Morgan fingerprint density at radius 2 is 2.07 bits per heavy atom.